The van der Waals surface area contributed by atoms with Gasteiger partial charge in [0, 0.05) is 7.11 Å². The summed E-state index contributed by atoms with van der Waals surface area (Å²) in [6, 6.07) is 0.0584. The second-order valence-corrected chi connectivity index (χ2v) is 5.93. The maximum atomic E-state index is 6.37. The second-order valence-electron chi connectivity index (χ2n) is 5.93. The summed E-state index contributed by atoms with van der Waals surface area (Å²) >= 11 is 0. The summed E-state index contributed by atoms with van der Waals surface area (Å²) in [6.07, 6.45) is 8.70. The van der Waals surface area contributed by atoms with E-state index in [1.807, 2.05) is 0 Å². The third-order valence-electron chi connectivity index (χ3n) is 3.44. The van der Waals surface area contributed by atoms with Crippen LogP contribution in [0, 0.1) is 5.41 Å². The zero-order valence-corrected chi connectivity index (χ0v) is 11.3. The van der Waals surface area contributed by atoms with Crippen molar-refractivity contribution in [2.45, 2.75) is 65.0 Å². The normalized spacial score (nSPS) is 22.2. The largest absolute Gasteiger partial charge is 0.379 e. The summed E-state index contributed by atoms with van der Waals surface area (Å²) in [7, 11) is 1.77. The lowest BCUT2D eigenvalue weighted by atomic mass is 9.81. The molecule has 0 aromatic heterocycles. The van der Waals surface area contributed by atoms with E-state index in [0.717, 1.165) is 6.42 Å². The number of rotatable bonds is 3. The zero-order valence-electron chi connectivity index (χ0n) is 11.3. The van der Waals surface area contributed by atoms with Crippen molar-refractivity contribution in [3.05, 3.63) is 11.6 Å². The van der Waals surface area contributed by atoms with Crippen LogP contribution in [-0.2, 0) is 4.74 Å². The highest BCUT2D eigenvalue weighted by atomic mass is 16.5. The molecule has 2 unspecified atom stereocenters. The number of allylic oxidation sites excluding steroid dienone is 1. The van der Waals surface area contributed by atoms with Crippen LogP contribution in [0.5, 0.6) is 0 Å². The molecule has 16 heavy (non-hydrogen) atoms. The minimum Gasteiger partial charge on any atom is -0.379 e. The topological polar surface area (TPSA) is 35.2 Å². The standard InChI is InChI=1S/C14H27NO/c1-14(2,3)13(16-4)12(15)11-9-7-5-6-8-10-11/h9,12-13H,5-8,10,15H2,1-4H3. The third kappa shape index (κ3) is 3.60. The fraction of sp³-hybridized carbons (Fsp3) is 0.857. The summed E-state index contributed by atoms with van der Waals surface area (Å²) in [5.74, 6) is 0. The van der Waals surface area contributed by atoms with E-state index >= 15 is 0 Å². The van der Waals surface area contributed by atoms with Gasteiger partial charge in [0.2, 0.25) is 0 Å². The van der Waals surface area contributed by atoms with Crippen LogP contribution in [0.25, 0.3) is 0 Å². The number of methoxy groups -OCH3 is 1. The predicted octanol–water partition coefficient (Wildman–Crippen LogP) is 3.27. The Bertz CT molecular complexity index is 240. The van der Waals surface area contributed by atoms with Crippen molar-refractivity contribution in [3.63, 3.8) is 0 Å². The summed E-state index contributed by atoms with van der Waals surface area (Å²) in [6.45, 7) is 6.58. The average Bonchev–Trinajstić information content (AvgIpc) is 2.44. The van der Waals surface area contributed by atoms with Gasteiger partial charge in [-0.05, 0) is 31.1 Å². The Morgan fingerprint density at radius 2 is 1.94 bits per heavy atom. The van der Waals surface area contributed by atoms with E-state index < -0.39 is 0 Å². The molecule has 0 aromatic rings. The number of hydrogen-bond donors (Lipinski definition) is 1. The van der Waals surface area contributed by atoms with Gasteiger partial charge in [0.05, 0.1) is 12.1 Å². The van der Waals surface area contributed by atoms with Crippen molar-refractivity contribution < 1.29 is 4.74 Å². The van der Waals surface area contributed by atoms with Gasteiger partial charge < -0.3 is 10.5 Å². The van der Waals surface area contributed by atoms with Crippen molar-refractivity contribution in [2.24, 2.45) is 11.1 Å². The highest BCUT2D eigenvalue weighted by molar-refractivity contribution is 5.15. The van der Waals surface area contributed by atoms with E-state index in [4.69, 9.17) is 10.5 Å². The molecule has 2 atom stereocenters. The average molecular weight is 225 g/mol. The molecule has 1 aliphatic carbocycles. The van der Waals surface area contributed by atoms with Gasteiger partial charge in [-0.2, -0.15) is 0 Å². The van der Waals surface area contributed by atoms with E-state index in [-0.39, 0.29) is 17.6 Å². The molecule has 0 amide bonds. The summed E-state index contributed by atoms with van der Waals surface area (Å²) in [5.41, 5.74) is 7.87. The maximum absolute atomic E-state index is 6.37. The highest BCUT2D eigenvalue weighted by Crippen LogP contribution is 2.29. The van der Waals surface area contributed by atoms with Crippen molar-refractivity contribution >= 4 is 0 Å². The Labute approximate surface area is 100 Å². The Kier molecular flexibility index (Phi) is 5.00. The monoisotopic (exact) mass is 225 g/mol. The zero-order chi connectivity index (χ0) is 12.2. The Balaban J connectivity index is 2.73. The van der Waals surface area contributed by atoms with Gasteiger partial charge >= 0.3 is 0 Å². The molecular weight excluding hydrogens is 198 g/mol. The molecule has 0 fully saturated rings. The molecule has 0 heterocycles. The van der Waals surface area contributed by atoms with E-state index in [0.29, 0.717) is 0 Å². The number of hydrogen-bond acceptors (Lipinski definition) is 2. The first-order chi connectivity index (χ1) is 7.46. The minimum atomic E-state index is 0.0584. The summed E-state index contributed by atoms with van der Waals surface area (Å²) in [5, 5.41) is 0. The Hall–Kier alpha value is -0.340. The molecule has 1 aliphatic rings. The maximum Gasteiger partial charge on any atom is 0.0808 e. The molecule has 0 spiro atoms. The van der Waals surface area contributed by atoms with Crippen molar-refractivity contribution in [1.29, 1.82) is 0 Å². The quantitative estimate of drug-likeness (QED) is 0.748. The molecule has 0 saturated carbocycles. The lowest BCUT2D eigenvalue weighted by Crippen LogP contribution is -2.45. The first-order valence-electron chi connectivity index (χ1n) is 6.44. The predicted molar refractivity (Wildman–Crippen MR) is 69.4 cm³/mol. The molecule has 0 bridgehead atoms. The molecule has 2 heteroatoms. The van der Waals surface area contributed by atoms with Crippen molar-refractivity contribution in [1.82, 2.24) is 0 Å². The molecular formula is C14H27NO. The van der Waals surface area contributed by atoms with Crippen LogP contribution in [0.3, 0.4) is 0 Å². The van der Waals surface area contributed by atoms with Crippen LogP contribution in [0.4, 0.5) is 0 Å². The van der Waals surface area contributed by atoms with Gasteiger partial charge in [0.1, 0.15) is 0 Å². The highest BCUT2D eigenvalue weighted by Gasteiger charge is 2.32. The molecule has 94 valence electrons. The number of ether oxygens (including phenoxy) is 1. The molecule has 0 aliphatic heterocycles. The molecule has 1 rings (SSSR count). The van der Waals surface area contributed by atoms with Gasteiger partial charge in [-0.1, -0.05) is 38.8 Å². The smallest absolute Gasteiger partial charge is 0.0808 e. The van der Waals surface area contributed by atoms with Crippen LogP contribution >= 0.6 is 0 Å². The number of nitrogens with two attached hydrogens (primary N) is 1. The minimum absolute atomic E-state index is 0.0584. The van der Waals surface area contributed by atoms with E-state index in [9.17, 15) is 0 Å². The van der Waals surface area contributed by atoms with Crippen LogP contribution in [-0.4, -0.2) is 19.3 Å². The van der Waals surface area contributed by atoms with Crippen molar-refractivity contribution in [2.75, 3.05) is 7.11 Å². The second kappa shape index (κ2) is 5.83. The van der Waals surface area contributed by atoms with Crippen LogP contribution in [0.2, 0.25) is 0 Å². The van der Waals surface area contributed by atoms with Crippen LogP contribution in [0.15, 0.2) is 11.6 Å². The van der Waals surface area contributed by atoms with E-state index in [1.54, 1.807) is 7.11 Å². The molecule has 2 nitrogen and oxygen atoms in total. The van der Waals surface area contributed by atoms with Crippen molar-refractivity contribution in [3.8, 4) is 0 Å². The van der Waals surface area contributed by atoms with Gasteiger partial charge in [-0.15, -0.1) is 0 Å². The third-order valence-corrected chi connectivity index (χ3v) is 3.44. The SMILES string of the molecule is COC(C(N)C1=CCCCCC1)C(C)(C)C. The lowest BCUT2D eigenvalue weighted by molar-refractivity contribution is 0.00532. The van der Waals surface area contributed by atoms with Crippen LogP contribution in [0.1, 0.15) is 52.9 Å². The summed E-state index contributed by atoms with van der Waals surface area (Å²) < 4.78 is 5.60. The Morgan fingerprint density at radius 1 is 1.25 bits per heavy atom. The van der Waals surface area contributed by atoms with Gasteiger partial charge in [-0.25, -0.2) is 0 Å². The molecule has 2 N–H and O–H groups in total. The molecule has 0 radical (unpaired) electrons. The van der Waals surface area contributed by atoms with Crippen LogP contribution < -0.4 is 5.73 Å². The van der Waals surface area contributed by atoms with E-state index in [1.165, 1.54) is 31.3 Å². The Morgan fingerprint density at radius 3 is 2.50 bits per heavy atom. The molecule has 0 aromatic carbocycles. The summed E-state index contributed by atoms with van der Waals surface area (Å²) in [4.78, 5) is 0. The van der Waals surface area contributed by atoms with E-state index in [2.05, 4.69) is 26.8 Å². The lowest BCUT2D eigenvalue weighted by Gasteiger charge is -2.35. The van der Waals surface area contributed by atoms with Gasteiger partial charge in [0.15, 0.2) is 0 Å². The molecule has 0 saturated heterocycles. The fourth-order valence-electron chi connectivity index (χ4n) is 2.58. The first-order valence-corrected chi connectivity index (χ1v) is 6.44. The van der Waals surface area contributed by atoms with Gasteiger partial charge in [-0.3, -0.25) is 0 Å². The van der Waals surface area contributed by atoms with Gasteiger partial charge in [0.25, 0.3) is 0 Å². The fourth-order valence-corrected chi connectivity index (χ4v) is 2.58. The first kappa shape index (κ1) is 13.7.